The van der Waals surface area contributed by atoms with Gasteiger partial charge in [0.15, 0.2) is 12.4 Å². The number of hydrogen-bond acceptors (Lipinski definition) is 6. The van der Waals surface area contributed by atoms with Crippen molar-refractivity contribution in [2.45, 2.75) is 0 Å². The van der Waals surface area contributed by atoms with Gasteiger partial charge >= 0.3 is 5.69 Å². The lowest BCUT2D eigenvalue weighted by molar-refractivity contribution is -0.385. The van der Waals surface area contributed by atoms with Crippen molar-refractivity contribution in [3.05, 3.63) is 61.7 Å². The minimum atomic E-state index is -0.573. The number of hydrazone groups is 1. The van der Waals surface area contributed by atoms with Crippen LogP contribution in [0, 0.1) is 13.7 Å². The number of methoxy groups -OCH3 is 1. The van der Waals surface area contributed by atoms with Gasteiger partial charge in [-0.15, -0.1) is 0 Å². The summed E-state index contributed by atoms with van der Waals surface area (Å²) in [7, 11) is 1.59. The lowest BCUT2D eigenvalue weighted by atomic mass is 10.2. The van der Waals surface area contributed by atoms with Crippen molar-refractivity contribution in [3.8, 4) is 11.5 Å². The Balaban J connectivity index is 1.89. The lowest BCUT2D eigenvalue weighted by Gasteiger charge is -2.05. The summed E-state index contributed by atoms with van der Waals surface area (Å²) in [5.41, 5.74) is 2.88. The summed E-state index contributed by atoms with van der Waals surface area (Å²) < 4.78 is 11.2. The monoisotopic (exact) mass is 455 g/mol. The summed E-state index contributed by atoms with van der Waals surface area (Å²) in [5.74, 6) is 0.244. The van der Waals surface area contributed by atoms with E-state index in [1.165, 1.54) is 24.4 Å². The van der Waals surface area contributed by atoms with E-state index in [-0.39, 0.29) is 18.0 Å². The molecule has 0 aliphatic heterocycles. The average molecular weight is 455 g/mol. The molecule has 25 heavy (non-hydrogen) atoms. The van der Waals surface area contributed by atoms with Gasteiger partial charge in [-0.3, -0.25) is 14.9 Å². The molecular weight excluding hydrogens is 441 g/mol. The number of halogens is 1. The van der Waals surface area contributed by atoms with Crippen LogP contribution in [0.3, 0.4) is 0 Å². The number of nitro groups is 1. The fourth-order valence-electron chi connectivity index (χ4n) is 1.85. The van der Waals surface area contributed by atoms with Gasteiger partial charge in [-0.25, -0.2) is 5.43 Å². The molecule has 1 N–H and O–H groups in total. The van der Waals surface area contributed by atoms with Crippen LogP contribution in [0.5, 0.6) is 11.5 Å². The van der Waals surface area contributed by atoms with Crippen LogP contribution in [0.2, 0.25) is 0 Å². The van der Waals surface area contributed by atoms with Gasteiger partial charge in [0.2, 0.25) is 0 Å². The molecule has 9 heteroatoms. The number of ether oxygens (including phenoxy) is 2. The van der Waals surface area contributed by atoms with Crippen LogP contribution in [0.4, 0.5) is 5.69 Å². The zero-order chi connectivity index (χ0) is 18.2. The van der Waals surface area contributed by atoms with E-state index < -0.39 is 10.8 Å². The molecule has 0 bridgehead atoms. The van der Waals surface area contributed by atoms with Crippen LogP contribution in [-0.2, 0) is 4.79 Å². The number of amides is 1. The number of rotatable bonds is 7. The van der Waals surface area contributed by atoms with Gasteiger partial charge in [0.1, 0.15) is 5.75 Å². The number of benzene rings is 2. The van der Waals surface area contributed by atoms with E-state index >= 15 is 0 Å². The molecule has 2 rings (SSSR count). The molecule has 0 spiro atoms. The molecule has 0 atom stereocenters. The summed E-state index contributed by atoms with van der Waals surface area (Å²) in [6.07, 6.45) is 1.48. The molecule has 0 radical (unpaired) electrons. The Hall–Kier alpha value is -2.69. The number of carbonyl (C=O) groups is 1. The molecule has 0 unspecified atom stereocenters. The Morgan fingerprint density at radius 1 is 1.32 bits per heavy atom. The molecule has 2 aromatic rings. The number of nitrogens with one attached hydrogen (secondary N) is 1. The van der Waals surface area contributed by atoms with Crippen molar-refractivity contribution in [1.82, 2.24) is 5.43 Å². The molecule has 8 nitrogen and oxygen atoms in total. The average Bonchev–Trinajstić information content (AvgIpc) is 2.60. The molecule has 0 saturated carbocycles. The molecule has 0 saturated heterocycles. The lowest BCUT2D eigenvalue weighted by Crippen LogP contribution is -2.24. The van der Waals surface area contributed by atoms with E-state index in [0.29, 0.717) is 0 Å². The molecular formula is C16H14IN3O5. The second-order valence-corrected chi connectivity index (χ2v) is 5.86. The number of nitrogens with zero attached hydrogens (tertiary/aromatic N) is 2. The highest BCUT2D eigenvalue weighted by Gasteiger charge is 2.14. The SMILES string of the molecule is COc1ccc(/C=N/NC(=O)COc2ccccc2[N+](=O)[O-])cc1I. The largest absolute Gasteiger partial charge is 0.496 e. The third-order valence-corrected chi connectivity index (χ3v) is 3.84. The van der Waals surface area contributed by atoms with Gasteiger partial charge in [0, 0.05) is 6.07 Å². The topological polar surface area (TPSA) is 103 Å². The standard InChI is InChI=1S/C16H14IN3O5/c1-24-14-7-6-11(8-12(14)17)9-18-19-16(21)10-25-15-5-3-2-4-13(15)20(22)23/h2-9H,10H2,1H3,(H,19,21)/b18-9+. The molecule has 0 aliphatic rings. The highest BCUT2D eigenvalue weighted by atomic mass is 127. The normalized spacial score (nSPS) is 10.5. The molecule has 130 valence electrons. The van der Waals surface area contributed by atoms with Crippen LogP contribution in [0.1, 0.15) is 5.56 Å². The first-order valence-corrected chi connectivity index (χ1v) is 8.11. The van der Waals surface area contributed by atoms with E-state index in [1.807, 2.05) is 6.07 Å². The van der Waals surface area contributed by atoms with Crippen molar-refractivity contribution in [2.24, 2.45) is 5.10 Å². The first kappa shape index (κ1) is 18.6. The molecule has 1 amide bonds. The van der Waals surface area contributed by atoms with Crippen LogP contribution in [0.25, 0.3) is 0 Å². The van der Waals surface area contributed by atoms with Crippen molar-refractivity contribution in [1.29, 1.82) is 0 Å². The summed E-state index contributed by atoms with van der Waals surface area (Å²) in [5, 5.41) is 14.7. The van der Waals surface area contributed by atoms with E-state index in [0.717, 1.165) is 14.9 Å². The second kappa shape index (κ2) is 8.97. The van der Waals surface area contributed by atoms with Crippen molar-refractivity contribution in [2.75, 3.05) is 13.7 Å². The Morgan fingerprint density at radius 3 is 2.76 bits per heavy atom. The van der Waals surface area contributed by atoms with E-state index in [1.54, 1.807) is 25.3 Å². The van der Waals surface area contributed by atoms with Crippen LogP contribution < -0.4 is 14.9 Å². The summed E-state index contributed by atoms with van der Waals surface area (Å²) in [4.78, 5) is 22.0. The van der Waals surface area contributed by atoms with Crippen molar-refractivity contribution < 1.29 is 19.2 Å². The van der Waals surface area contributed by atoms with E-state index in [4.69, 9.17) is 9.47 Å². The van der Waals surface area contributed by atoms with Gasteiger partial charge < -0.3 is 9.47 Å². The minimum absolute atomic E-state index is 0.0244. The second-order valence-electron chi connectivity index (χ2n) is 4.70. The molecule has 0 fully saturated rings. The Kier molecular flexibility index (Phi) is 6.69. The first-order valence-electron chi connectivity index (χ1n) is 7.03. The Morgan fingerprint density at radius 2 is 2.08 bits per heavy atom. The predicted molar refractivity (Wildman–Crippen MR) is 100 cm³/mol. The number of carbonyl (C=O) groups excluding carboxylic acids is 1. The van der Waals surface area contributed by atoms with Crippen LogP contribution in [0.15, 0.2) is 47.6 Å². The highest BCUT2D eigenvalue weighted by Crippen LogP contribution is 2.25. The molecule has 2 aromatic carbocycles. The zero-order valence-electron chi connectivity index (χ0n) is 13.1. The van der Waals surface area contributed by atoms with Gasteiger partial charge in [0.25, 0.3) is 5.91 Å². The van der Waals surface area contributed by atoms with Crippen LogP contribution in [-0.4, -0.2) is 30.8 Å². The number of nitro benzene ring substituents is 1. The smallest absolute Gasteiger partial charge is 0.310 e. The van der Waals surface area contributed by atoms with Gasteiger partial charge in [0.05, 0.1) is 21.8 Å². The molecule has 0 aromatic heterocycles. The highest BCUT2D eigenvalue weighted by molar-refractivity contribution is 14.1. The fourth-order valence-corrected chi connectivity index (χ4v) is 2.61. The molecule has 0 aliphatic carbocycles. The maximum atomic E-state index is 11.7. The number of para-hydroxylation sites is 2. The Bertz CT molecular complexity index is 810. The van der Waals surface area contributed by atoms with Crippen molar-refractivity contribution >= 4 is 40.4 Å². The summed E-state index contributed by atoms with van der Waals surface area (Å²) in [6.45, 7) is -0.387. The fraction of sp³-hybridized carbons (Fsp3) is 0.125. The molecule has 0 heterocycles. The van der Waals surface area contributed by atoms with Crippen molar-refractivity contribution in [3.63, 3.8) is 0 Å². The first-order chi connectivity index (χ1) is 12.0. The quantitative estimate of drug-likeness (QED) is 0.300. The zero-order valence-corrected chi connectivity index (χ0v) is 15.3. The van der Waals surface area contributed by atoms with E-state index in [2.05, 4.69) is 33.1 Å². The third kappa shape index (κ3) is 5.41. The van der Waals surface area contributed by atoms with E-state index in [9.17, 15) is 14.9 Å². The van der Waals surface area contributed by atoms with Crippen LogP contribution >= 0.6 is 22.6 Å². The maximum Gasteiger partial charge on any atom is 0.310 e. The Labute approximate surface area is 157 Å². The number of hydrogen-bond donors (Lipinski definition) is 1. The maximum absolute atomic E-state index is 11.7. The summed E-state index contributed by atoms with van der Waals surface area (Å²) >= 11 is 2.13. The predicted octanol–water partition coefficient (Wildman–Crippen LogP) is 2.74. The minimum Gasteiger partial charge on any atom is -0.496 e. The van der Waals surface area contributed by atoms with Gasteiger partial charge in [-0.2, -0.15) is 5.10 Å². The van der Waals surface area contributed by atoms with Gasteiger partial charge in [-0.05, 0) is 52.4 Å². The summed E-state index contributed by atoms with van der Waals surface area (Å²) in [6, 6.07) is 11.3. The van der Waals surface area contributed by atoms with Gasteiger partial charge in [-0.1, -0.05) is 12.1 Å². The third-order valence-electron chi connectivity index (χ3n) is 3.00.